The summed E-state index contributed by atoms with van der Waals surface area (Å²) in [6.45, 7) is 8.92. The van der Waals surface area contributed by atoms with Crippen molar-refractivity contribution in [1.82, 2.24) is 4.90 Å². The molecule has 1 rings (SSSR count). The van der Waals surface area contributed by atoms with Gasteiger partial charge in [0.15, 0.2) is 0 Å². The van der Waals surface area contributed by atoms with Gasteiger partial charge in [-0.3, -0.25) is 9.69 Å². The maximum absolute atomic E-state index is 10.9. The van der Waals surface area contributed by atoms with Crippen molar-refractivity contribution in [2.45, 2.75) is 59.0 Å². The molecule has 3 unspecified atom stereocenters. The zero-order valence-electron chi connectivity index (χ0n) is 10.9. The molecule has 0 heterocycles. The van der Waals surface area contributed by atoms with Crippen LogP contribution in [0.2, 0.25) is 0 Å². The number of hydrogen-bond acceptors (Lipinski definition) is 2. The quantitative estimate of drug-likeness (QED) is 0.802. The zero-order valence-corrected chi connectivity index (χ0v) is 10.9. The minimum Gasteiger partial charge on any atom is -0.480 e. The molecule has 1 N–H and O–H groups in total. The Morgan fingerprint density at radius 3 is 2.44 bits per heavy atom. The summed E-state index contributed by atoms with van der Waals surface area (Å²) in [6, 6.07) is 0.768. The van der Waals surface area contributed by atoms with E-state index in [1.165, 1.54) is 12.8 Å². The van der Waals surface area contributed by atoms with Gasteiger partial charge in [-0.1, -0.05) is 13.8 Å². The highest BCUT2D eigenvalue weighted by Gasteiger charge is 2.32. The second-order valence-corrected chi connectivity index (χ2v) is 5.62. The van der Waals surface area contributed by atoms with Crippen molar-refractivity contribution >= 4 is 5.97 Å². The van der Waals surface area contributed by atoms with Gasteiger partial charge in [0, 0.05) is 12.1 Å². The first-order valence-corrected chi connectivity index (χ1v) is 6.39. The van der Waals surface area contributed by atoms with E-state index in [9.17, 15) is 4.79 Å². The summed E-state index contributed by atoms with van der Waals surface area (Å²) < 4.78 is 0. The first-order valence-electron chi connectivity index (χ1n) is 6.39. The second-order valence-electron chi connectivity index (χ2n) is 5.62. The van der Waals surface area contributed by atoms with Crippen molar-refractivity contribution in [2.75, 3.05) is 6.54 Å². The van der Waals surface area contributed by atoms with Gasteiger partial charge in [0.05, 0.1) is 6.54 Å². The van der Waals surface area contributed by atoms with Crippen molar-refractivity contribution < 1.29 is 9.90 Å². The molecule has 0 aromatic heterocycles. The molecule has 1 fully saturated rings. The van der Waals surface area contributed by atoms with Crippen LogP contribution in [0, 0.1) is 11.8 Å². The molecule has 0 saturated heterocycles. The van der Waals surface area contributed by atoms with Crippen LogP contribution in [0.3, 0.4) is 0 Å². The summed E-state index contributed by atoms with van der Waals surface area (Å²) in [5.74, 6) is 0.704. The molecule has 3 heteroatoms. The molecule has 0 radical (unpaired) electrons. The van der Waals surface area contributed by atoms with E-state index in [1.54, 1.807) is 0 Å². The molecule has 0 spiro atoms. The lowest BCUT2D eigenvalue weighted by molar-refractivity contribution is -0.140. The van der Waals surface area contributed by atoms with Gasteiger partial charge < -0.3 is 5.11 Å². The predicted molar refractivity (Wildman–Crippen MR) is 65.4 cm³/mol. The molecule has 1 aliphatic rings. The average molecular weight is 227 g/mol. The fourth-order valence-electron chi connectivity index (χ4n) is 2.98. The van der Waals surface area contributed by atoms with E-state index >= 15 is 0 Å². The normalized spacial score (nSPS) is 31.0. The predicted octanol–water partition coefficient (Wildman–Crippen LogP) is 2.61. The molecule has 0 aromatic carbocycles. The first kappa shape index (κ1) is 13.5. The fourth-order valence-corrected chi connectivity index (χ4v) is 2.98. The van der Waals surface area contributed by atoms with Crippen LogP contribution in [0.4, 0.5) is 0 Å². The molecular formula is C13H25NO2. The van der Waals surface area contributed by atoms with Crippen molar-refractivity contribution in [3.63, 3.8) is 0 Å². The van der Waals surface area contributed by atoms with Crippen LogP contribution in [0.1, 0.15) is 47.0 Å². The lowest BCUT2D eigenvalue weighted by Gasteiger charge is -2.42. The highest BCUT2D eigenvalue weighted by Crippen LogP contribution is 2.32. The Labute approximate surface area is 98.8 Å². The zero-order chi connectivity index (χ0) is 12.3. The number of carbonyl (C=O) groups is 1. The number of nitrogens with zero attached hydrogens (tertiary/aromatic N) is 1. The van der Waals surface area contributed by atoms with E-state index in [1.807, 2.05) is 0 Å². The molecule has 0 bridgehead atoms. The fraction of sp³-hybridized carbons (Fsp3) is 0.923. The van der Waals surface area contributed by atoms with Crippen LogP contribution in [0.15, 0.2) is 0 Å². The summed E-state index contributed by atoms with van der Waals surface area (Å²) in [5, 5.41) is 8.96. The standard InChI is InChI=1S/C13H25NO2/c1-9(2)14(8-13(15)16)12-6-5-10(3)7-11(12)4/h9-12H,5-8H2,1-4H3,(H,15,16). The van der Waals surface area contributed by atoms with Gasteiger partial charge in [-0.15, -0.1) is 0 Å². The van der Waals surface area contributed by atoms with Crippen LogP contribution < -0.4 is 0 Å². The molecule has 1 saturated carbocycles. The average Bonchev–Trinajstić information content (AvgIpc) is 2.14. The highest BCUT2D eigenvalue weighted by atomic mass is 16.4. The first-order chi connectivity index (χ1) is 7.41. The molecule has 16 heavy (non-hydrogen) atoms. The maximum atomic E-state index is 10.9. The van der Waals surface area contributed by atoms with Crippen molar-refractivity contribution in [3.8, 4) is 0 Å². The van der Waals surface area contributed by atoms with Gasteiger partial charge in [0.2, 0.25) is 0 Å². The van der Waals surface area contributed by atoms with Crippen molar-refractivity contribution in [3.05, 3.63) is 0 Å². The summed E-state index contributed by atoms with van der Waals surface area (Å²) in [4.78, 5) is 13.0. The second kappa shape index (κ2) is 5.67. The van der Waals surface area contributed by atoms with E-state index in [-0.39, 0.29) is 6.54 Å². The highest BCUT2D eigenvalue weighted by molar-refractivity contribution is 5.69. The van der Waals surface area contributed by atoms with Crippen LogP contribution in [-0.2, 0) is 4.79 Å². The molecule has 1 aliphatic carbocycles. The van der Waals surface area contributed by atoms with Crippen LogP contribution >= 0.6 is 0 Å². The molecule has 0 amide bonds. The van der Waals surface area contributed by atoms with Gasteiger partial charge in [0.1, 0.15) is 0 Å². The Hall–Kier alpha value is -0.570. The Kier molecular flexibility index (Phi) is 4.78. The van der Waals surface area contributed by atoms with E-state index in [4.69, 9.17) is 5.11 Å². The minimum absolute atomic E-state index is 0.182. The molecule has 3 nitrogen and oxygen atoms in total. The number of carboxylic acids is 1. The van der Waals surface area contributed by atoms with Gasteiger partial charge >= 0.3 is 5.97 Å². The number of aliphatic carboxylic acids is 1. The molecular weight excluding hydrogens is 202 g/mol. The summed E-state index contributed by atoms with van der Waals surface area (Å²) in [5.41, 5.74) is 0. The van der Waals surface area contributed by atoms with Gasteiger partial charge in [-0.25, -0.2) is 0 Å². The lowest BCUT2D eigenvalue weighted by Crippen LogP contribution is -2.48. The monoisotopic (exact) mass is 227 g/mol. The van der Waals surface area contributed by atoms with E-state index in [0.717, 1.165) is 12.3 Å². The molecule has 0 aromatic rings. The van der Waals surface area contributed by atoms with E-state index < -0.39 is 5.97 Å². The van der Waals surface area contributed by atoms with Crippen LogP contribution in [-0.4, -0.2) is 34.6 Å². The topological polar surface area (TPSA) is 40.5 Å². The van der Waals surface area contributed by atoms with Gasteiger partial charge in [0.25, 0.3) is 0 Å². The Bertz CT molecular complexity index is 240. The van der Waals surface area contributed by atoms with Gasteiger partial charge in [-0.2, -0.15) is 0 Å². The van der Waals surface area contributed by atoms with Crippen molar-refractivity contribution in [2.24, 2.45) is 11.8 Å². The Morgan fingerprint density at radius 2 is 2.00 bits per heavy atom. The smallest absolute Gasteiger partial charge is 0.317 e. The molecule has 3 atom stereocenters. The van der Waals surface area contributed by atoms with E-state index in [2.05, 4.69) is 32.6 Å². The minimum atomic E-state index is -0.709. The number of rotatable bonds is 4. The largest absolute Gasteiger partial charge is 0.480 e. The van der Waals surface area contributed by atoms with E-state index in [0.29, 0.717) is 18.0 Å². The third kappa shape index (κ3) is 3.48. The summed E-state index contributed by atoms with van der Waals surface area (Å²) >= 11 is 0. The number of hydrogen-bond donors (Lipinski definition) is 1. The maximum Gasteiger partial charge on any atom is 0.317 e. The SMILES string of the molecule is CC1CCC(N(CC(=O)O)C(C)C)C(C)C1. The van der Waals surface area contributed by atoms with Crippen LogP contribution in [0.25, 0.3) is 0 Å². The Morgan fingerprint density at radius 1 is 1.38 bits per heavy atom. The third-order valence-electron chi connectivity index (χ3n) is 3.79. The third-order valence-corrected chi connectivity index (χ3v) is 3.79. The summed E-state index contributed by atoms with van der Waals surface area (Å²) in [6.07, 6.45) is 3.61. The Balaban J connectivity index is 2.66. The van der Waals surface area contributed by atoms with Crippen molar-refractivity contribution in [1.29, 1.82) is 0 Å². The summed E-state index contributed by atoms with van der Waals surface area (Å²) in [7, 11) is 0. The lowest BCUT2D eigenvalue weighted by atomic mass is 9.79. The number of carboxylic acid groups (broad SMARTS) is 1. The molecule has 0 aliphatic heterocycles. The van der Waals surface area contributed by atoms with Crippen LogP contribution in [0.5, 0.6) is 0 Å². The molecule has 94 valence electrons. The van der Waals surface area contributed by atoms with Gasteiger partial charge in [-0.05, 0) is 44.9 Å².